The molecule has 2 saturated heterocycles. The largest absolute Gasteiger partial charge is 0.442 e. The average Bonchev–Trinajstić information content (AvgIpc) is 2.95. The van der Waals surface area contributed by atoms with Crippen LogP contribution in [0.1, 0.15) is 0 Å². The monoisotopic (exact) mass is 385 g/mol. The summed E-state index contributed by atoms with van der Waals surface area (Å²) in [7, 11) is 1.58. The molecule has 2 aliphatic heterocycles. The van der Waals surface area contributed by atoms with Crippen molar-refractivity contribution in [2.24, 2.45) is 0 Å². The average molecular weight is 385 g/mol. The zero-order valence-electron chi connectivity index (χ0n) is 13.9. The predicted octanol–water partition coefficient (Wildman–Crippen LogP) is 2.69. The Morgan fingerprint density at radius 3 is 2.80 bits per heavy atom. The molecule has 0 aromatic heterocycles. The number of anilines is 2. The SMILES string of the molecule is CN(C[C@@H]1CN(c2ccc(N3CCSCC3)c(F)c2)C(=O)O1)C(=O)S. The van der Waals surface area contributed by atoms with E-state index in [0.29, 0.717) is 11.4 Å². The van der Waals surface area contributed by atoms with Crippen LogP contribution >= 0.6 is 24.4 Å². The molecule has 0 bridgehead atoms. The first-order valence-electron chi connectivity index (χ1n) is 8.00. The Morgan fingerprint density at radius 1 is 1.44 bits per heavy atom. The Morgan fingerprint density at radius 2 is 2.16 bits per heavy atom. The van der Waals surface area contributed by atoms with E-state index in [4.69, 9.17) is 4.74 Å². The number of benzene rings is 1. The van der Waals surface area contributed by atoms with E-state index in [-0.39, 0.29) is 18.9 Å². The lowest BCUT2D eigenvalue weighted by Crippen LogP contribution is -2.34. The number of nitrogens with zero attached hydrogens (tertiary/aromatic N) is 3. The van der Waals surface area contributed by atoms with Gasteiger partial charge in [0.05, 0.1) is 24.5 Å². The van der Waals surface area contributed by atoms with Gasteiger partial charge in [-0.05, 0) is 18.2 Å². The van der Waals surface area contributed by atoms with Crippen LogP contribution in [0.2, 0.25) is 0 Å². The van der Waals surface area contributed by atoms with Gasteiger partial charge in [0.25, 0.3) is 5.24 Å². The topological polar surface area (TPSA) is 53.1 Å². The second kappa shape index (κ2) is 7.74. The molecule has 0 saturated carbocycles. The van der Waals surface area contributed by atoms with E-state index in [1.807, 2.05) is 16.7 Å². The minimum atomic E-state index is -0.536. The van der Waals surface area contributed by atoms with Gasteiger partial charge in [0.1, 0.15) is 11.9 Å². The molecule has 0 N–H and O–H groups in total. The van der Waals surface area contributed by atoms with E-state index in [1.165, 1.54) is 15.9 Å². The number of rotatable bonds is 4. The molecule has 1 aromatic carbocycles. The minimum Gasteiger partial charge on any atom is -0.442 e. The number of thiol groups is 1. The Labute approximate surface area is 155 Å². The summed E-state index contributed by atoms with van der Waals surface area (Å²) in [4.78, 5) is 28.0. The summed E-state index contributed by atoms with van der Waals surface area (Å²) >= 11 is 5.60. The van der Waals surface area contributed by atoms with Gasteiger partial charge in [-0.15, -0.1) is 0 Å². The number of amides is 2. The van der Waals surface area contributed by atoms with Crippen molar-refractivity contribution in [3.05, 3.63) is 24.0 Å². The summed E-state index contributed by atoms with van der Waals surface area (Å²) in [5.41, 5.74) is 1.02. The van der Waals surface area contributed by atoms with Gasteiger partial charge in [0.15, 0.2) is 0 Å². The van der Waals surface area contributed by atoms with Gasteiger partial charge >= 0.3 is 6.09 Å². The third kappa shape index (κ3) is 4.14. The first kappa shape index (κ1) is 18.2. The lowest BCUT2D eigenvalue weighted by atomic mass is 10.2. The summed E-state index contributed by atoms with van der Waals surface area (Å²) in [6.45, 7) is 2.15. The molecule has 136 valence electrons. The molecular formula is C16H20FN3O3S2. The maximum atomic E-state index is 14.5. The summed E-state index contributed by atoms with van der Waals surface area (Å²) in [6.07, 6.45) is -0.998. The van der Waals surface area contributed by atoms with Gasteiger partial charge < -0.3 is 14.5 Å². The molecule has 25 heavy (non-hydrogen) atoms. The molecule has 2 aliphatic rings. The molecule has 0 unspecified atom stereocenters. The lowest BCUT2D eigenvalue weighted by molar-refractivity contribution is 0.124. The summed E-state index contributed by atoms with van der Waals surface area (Å²) < 4.78 is 19.8. The summed E-state index contributed by atoms with van der Waals surface area (Å²) in [6, 6.07) is 4.82. The highest BCUT2D eigenvalue weighted by Gasteiger charge is 2.34. The summed E-state index contributed by atoms with van der Waals surface area (Å²) in [5.74, 6) is 1.63. The fourth-order valence-corrected chi connectivity index (χ4v) is 3.92. The number of cyclic esters (lactones) is 1. The molecule has 9 heteroatoms. The molecule has 6 nitrogen and oxygen atoms in total. The molecule has 1 atom stereocenters. The Hall–Kier alpha value is -1.61. The molecule has 1 aromatic rings. The van der Waals surface area contributed by atoms with Crippen LogP contribution in [0.4, 0.5) is 25.4 Å². The minimum absolute atomic E-state index is 0.247. The molecule has 2 heterocycles. The van der Waals surface area contributed by atoms with Crippen LogP contribution in [-0.4, -0.2) is 67.1 Å². The van der Waals surface area contributed by atoms with Crippen LogP contribution in [0.25, 0.3) is 0 Å². The highest BCUT2D eigenvalue weighted by Crippen LogP contribution is 2.29. The predicted molar refractivity (Wildman–Crippen MR) is 101 cm³/mol. The third-order valence-corrected chi connectivity index (χ3v) is 5.56. The maximum Gasteiger partial charge on any atom is 0.414 e. The van der Waals surface area contributed by atoms with E-state index >= 15 is 0 Å². The fraction of sp³-hybridized carbons (Fsp3) is 0.500. The van der Waals surface area contributed by atoms with Crippen molar-refractivity contribution in [2.75, 3.05) is 54.5 Å². The first-order chi connectivity index (χ1) is 12.0. The molecular weight excluding hydrogens is 365 g/mol. The lowest BCUT2D eigenvalue weighted by Gasteiger charge is -2.29. The van der Waals surface area contributed by atoms with Crippen molar-refractivity contribution in [1.82, 2.24) is 4.90 Å². The molecule has 0 radical (unpaired) electrons. The number of likely N-dealkylation sites (N-methyl/N-ethyl adjacent to an activating group) is 1. The number of ether oxygens (including phenoxy) is 1. The number of hydrogen-bond acceptors (Lipinski definition) is 5. The van der Waals surface area contributed by atoms with Gasteiger partial charge in [-0.2, -0.15) is 11.8 Å². The van der Waals surface area contributed by atoms with Crippen molar-refractivity contribution in [1.29, 1.82) is 0 Å². The molecule has 3 rings (SSSR count). The zero-order chi connectivity index (χ0) is 18.0. The van der Waals surface area contributed by atoms with Crippen molar-refractivity contribution < 1.29 is 18.7 Å². The number of carbonyl (C=O) groups excluding carboxylic acids is 2. The normalized spacial score (nSPS) is 20.6. The zero-order valence-corrected chi connectivity index (χ0v) is 15.6. The number of halogens is 1. The van der Waals surface area contributed by atoms with Crippen LogP contribution in [0.3, 0.4) is 0 Å². The highest BCUT2D eigenvalue weighted by molar-refractivity contribution is 7.99. The number of carbonyl (C=O) groups is 2. The highest BCUT2D eigenvalue weighted by atomic mass is 32.2. The molecule has 0 aliphatic carbocycles. The third-order valence-electron chi connectivity index (χ3n) is 4.27. The molecule has 2 fully saturated rings. The van der Waals surface area contributed by atoms with Crippen molar-refractivity contribution >= 4 is 47.1 Å². The van der Waals surface area contributed by atoms with Crippen LogP contribution < -0.4 is 9.80 Å². The van der Waals surface area contributed by atoms with Gasteiger partial charge in [-0.25, -0.2) is 9.18 Å². The second-order valence-corrected chi connectivity index (χ2v) is 7.62. The Balaban J connectivity index is 1.70. The standard InChI is InChI=1S/C16H20FN3O3S2/c1-18(16(22)24)9-12-10-20(15(21)23-12)11-2-3-14(13(17)8-11)19-4-6-25-7-5-19/h2-3,8,12H,4-7,9-10H2,1H3,(H,22,24)/t12-/m1/s1. The van der Waals surface area contributed by atoms with E-state index in [1.54, 1.807) is 19.2 Å². The number of hydrogen-bond donors (Lipinski definition) is 1. The molecule has 2 amide bonds. The first-order valence-corrected chi connectivity index (χ1v) is 9.60. The fourth-order valence-electron chi connectivity index (χ4n) is 2.94. The summed E-state index contributed by atoms with van der Waals surface area (Å²) in [5, 5.41) is -0.399. The number of thioether (sulfide) groups is 1. The van der Waals surface area contributed by atoms with Crippen LogP contribution in [0.5, 0.6) is 0 Å². The van der Waals surface area contributed by atoms with Crippen molar-refractivity contribution in [2.45, 2.75) is 6.10 Å². The van der Waals surface area contributed by atoms with E-state index in [9.17, 15) is 14.0 Å². The van der Waals surface area contributed by atoms with E-state index in [2.05, 4.69) is 12.6 Å². The Bertz CT molecular complexity index is 670. The second-order valence-electron chi connectivity index (χ2n) is 6.01. The molecule has 0 spiro atoms. The maximum absolute atomic E-state index is 14.5. The van der Waals surface area contributed by atoms with Crippen molar-refractivity contribution in [3.63, 3.8) is 0 Å². The van der Waals surface area contributed by atoms with Crippen LogP contribution in [-0.2, 0) is 4.74 Å². The van der Waals surface area contributed by atoms with Crippen LogP contribution in [0, 0.1) is 5.82 Å². The van der Waals surface area contributed by atoms with E-state index < -0.39 is 17.4 Å². The van der Waals surface area contributed by atoms with Crippen molar-refractivity contribution in [3.8, 4) is 0 Å². The van der Waals surface area contributed by atoms with Crippen LogP contribution in [0.15, 0.2) is 18.2 Å². The smallest absolute Gasteiger partial charge is 0.414 e. The van der Waals surface area contributed by atoms with Gasteiger partial charge in [-0.1, -0.05) is 12.6 Å². The van der Waals surface area contributed by atoms with Gasteiger partial charge in [0, 0.05) is 31.6 Å². The van der Waals surface area contributed by atoms with E-state index in [0.717, 1.165) is 24.6 Å². The Kier molecular flexibility index (Phi) is 5.63. The van der Waals surface area contributed by atoms with Gasteiger partial charge in [-0.3, -0.25) is 9.69 Å². The quantitative estimate of drug-likeness (QED) is 0.808. The van der Waals surface area contributed by atoms with Gasteiger partial charge in [0.2, 0.25) is 0 Å².